The Kier molecular flexibility index (Phi) is 4.09. The summed E-state index contributed by atoms with van der Waals surface area (Å²) in [7, 11) is 0. The molecular formula is C13H14N2O4S. The molecule has 0 fully saturated rings. The number of carboxylic acid groups (broad SMARTS) is 1. The Morgan fingerprint density at radius 1 is 1.40 bits per heavy atom. The van der Waals surface area contributed by atoms with Crippen LogP contribution in [-0.2, 0) is 6.54 Å². The fourth-order valence-corrected chi connectivity index (χ4v) is 2.75. The van der Waals surface area contributed by atoms with Gasteiger partial charge < -0.3 is 14.8 Å². The third-order valence-electron chi connectivity index (χ3n) is 2.83. The van der Waals surface area contributed by atoms with E-state index in [0.717, 1.165) is 4.88 Å². The average molecular weight is 294 g/mol. The first kappa shape index (κ1) is 14.1. The lowest BCUT2D eigenvalue weighted by molar-refractivity contribution is 0.0697. The molecule has 7 heteroatoms. The van der Waals surface area contributed by atoms with Gasteiger partial charge in [0.25, 0.3) is 0 Å². The van der Waals surface area contributed by atoms with E-state index in [-0.39, 0.29) is 12.1 Å². The Balaban J connectivity index is 2.04. The second-order valence-corrected chi connectivity index (χ2v) is 5.40. The smallest absolute Gasteiger partial charge is 0.338 e. The number of hydrogen-bond acceptors (Lipinski definition) is 4. The molecule has 6 nitrogen and oxygen atoms in total. The zero-order valence-electron chi connectivity index (χ0n) is 11.0. The number of hydrogen-bond donors (Lipinski definition) is 3. The Bertz CT molecular complexity index is 631. The molecular weight excluding hydrogens is 280 g/mol. The third-order valence-corrected chi connectivity index (χ3v) is 3.95. The van der Waals surface area contributed by atoms with Crippen LogP contribution in [-0.4, -0.2) is 17.1 Å². The van der Waals surface area contributed by atoms with Crippen molar-refractivity contribution >= 4 is 28.3 Å². The largest absolute Gasteiger partial charge is 0.478 e. The van der Waals surface area contributed by atoms with E-state index >= 15 is 0 Å². The maximum Gasteiger partial charge on any atom is 0.338 e. The maximum atomic E-state index is 11.8. The number of rotatable bonds is 4. The van der Waals surface area contributed by atoms with Crippen molar-refractivity contribution in [1.82, 2.24) is 5.32 Å². The van der Waals surface area contributed by atoms with Crippen LogP contribution in [0, 0.1) is 13.8 Å². The number of carbonyl (C=O) groups excluding carboxylic acids is 1. The van der Waals surface area contributed by atoms with Crippen molar-refractivity contribution < 1.29 is 19.1 Å². The molecule has 2 rings (SSSR count). The van der Waals surface area contributed by atoms with Gasteiger partial charge in [0.15, 0.2) is 0 Å². The summed E-state index contributed by atoms with van der Waals surface area (Å²) in [5, 5.41) is 14.7. The maximum absolute atomic E-state index is 11.8. The van der Waals surface area contributed by atoms with Crippen LogP contribution in [0.2, 0.25) is 0 Å². The first-order chi connectivity index (χ1) is 9.49. The number of carbonyl (C=O) groups is 2. The van der Waals surface area contributed by atoms with Gasteiger partial charge in [-0.3, -0.25) is 5.32 Å². The van der Waals surface area contributed by atoms with Crippen molar-refractivity contribution in [2.24, 2.45) is 0 Å². The summed E-state index contributed by atoms with van der Waals surface area (Å²) in [6.07, 6.45) is 1.52. The molecule has 0 unspecified atom stereocenters. The molecule has 20 heavy (non-hydrogen) atoms. The van der Waals surface area contributed by atoms with Crippen molar-refractivity contribution in [3.8, 4) is 0 Å². The van der Waals surface area contributed by atoms with Gasteiger partial charge in [-0.05, 0) is 31.5 Å². The first-order valence-corrected chi connectivity index (χ1v) is 6.71. The van der Waals surface area contributed by atoms with Gasteiger partial charge in [0.05, 0.1) is 18.4 Å². The lowest BCUT2D eigenvalue weighted by atomic mass is 10.1. The van der Waals surface area contributed by atoms with Gasteiger partial charge >= 0.3 is 12.0 Å². The molecule has 106 valence electrons. The molecule has 0 aliphatic rings. The van der Waals surface area contributed by atoms with Crippen molar-refractivity contribution in [1.29, 1.82) is 0 Å². The van der Waals surface area contributed by atoms with E-state index in [0.29, 0.717) is 16.3 Å². The standard InChI is InChI=1S/C13H14N2O4S/c1-7-8(2)20-11(10(7)12(16)17)15-13(18)14-6-9-4-3-5-19-9/h3-5H,6H2,1-2H3,(H,16,17)(H2,14,15,18). The Morgan fingerprint density at radius 2 is 2.15 bits per heavy atom. The van der Waals surface area contributed by atoms with Crippen LogP contribution in [0.4, 0.5) is 9.80 Å². The van der Waals surface area contributed by atoms with E-state index in [1.165, 1.54) is 17.6 Å². The number of furan rings is 1. The topological polar surface area (TPSA) is 91.6 Å². The number of aromatic carboxylic acids is 1. The summed E-state index contributed by atoms with van der Waals surface area (Å²) in [5.74, 6) is -0.426. The second kappa shape index (κ2) is 5.79. The van der Waals surface area contributed by atoms with Gasteiger partial charge in [0.2, 0.25) is 0 Å². The highest BCUT2D eigenvalue weighted by molar-refractivity contribution is 7.16. The molecule has 0 saturated heterocycles. The minimum Gasteiger partial charge on any atom is -0.478 e. The lowest BCUT2D eigenvalue weighted by Crippen LogP contribution is -2.28. The molecule has 2 aromatic rings. The predicted octanol–water partition coefficient (Wildman–Crippen LogP) is 2.98. The summed E-state index contributed by atoms with van der Waals surface area (Å²) in [4.78, 5) is 23.8. The fourth-order valence-electron chi connectivity index (χ4n) is 1.70. The van der Waals surface area contributed by atoms with Gasteiger partial charge in [-0.1, -0.05) is 0 Å². The van der Waals surface area contributed by atoms with Crippen LogP contribution >= 0.6 is 11.3 Å². The molecule has 0 aliphatic carbocycles. The van der Waals surface area contributed by atoms with Crippen LogP contribution in [0.1, 0.15) is 26.6 Å². The van der Waals surface area contributed by atoms with E-state index in [9.17, 15) is 14.7 Å². The van der Waals surface area contributed by atoms with E-state index < -0.39 is 12.0 Å². The molecule has 0 aliphatic heterocycles. The van der Waals surface area contributed by atoms with E-state index in [4.69, 9.17) is 4.42 Å². The Morgan fingerprint density at radius 3 is 2.75 bits per heavy atom. The monoisotopic (exact) mass is 294 g/mol. The van der Waals surface area contributed by atoms with Crippen LogP contribution in [0.5, 0.6) is 0 Å². The minimum atomic E-state index is -1.05. The molecule has 0 bridgehead atoms. The molecule has 3 N–H and O–H groups in total. The van der Waals surface area contributed by atoms with Crippen molar-refractivity contribution in [2.45, 2.75) is 20.4 Å². The van der Waals surface area contributed by atoms with E-state index in [2.05, 4.69) is 10.6 Å². The summed E-state index contributed by atoms with van der Waals surface area (Å²) < 4.78 is 5.09. The molecule has 2 amide bonds. The van der Waals surface area contributed by atoms with Crippen molar-refractivity contribution in [3.63, 3.8) is 0 Å². The summed E-state index contributed by atoms with van der Waals surface area (Å²) in [6, 6.07) is 3.00. The van der Waals surface area contributed by atoms with Crippen molar-refractivity contribution in [3.05, 3.63) is 40.2 Å². The summed E-state index contributed by atoms with van der Waals surface area (Å²) in [6.45, 7) is 3.78. The van der Waals surface area contributed by atoms with E-state index in [1.807, 2.05) is 6.92 Å². The quantitative estimate of drug-likeness (QED) is 0.808. The molecule has 0 atom stereocenters. The highest BCUT2D eigenvalue weighted by Gasteiger charge is 2.20. The number of amides is 2. The molecule has 2 heterocycles. The zero-order valence-corrected chi connectivity index (χ0v) is 11.8. The van der Waals surface area contributed by atoms with Gasteiger partial charge in [0.1, 0.15) is 10.8 Å². The van der Waals surface area contributed by atoms with E-state index in [1.54, 1.807) is 19.1 Å². The van der Waals surface area contributed by atoms with Gasteiger partial charge in [0, 0.05) is 4.88 Å². The van der Waals surface area contributed by atoms with Crippen LogP contribution in [0.3, 0.4) is 0 Å². The first-order valence-electron chi connectivity index (χ1n) is 5.89. The summed E-state index contributed by atoms with van der Waals surface area (Å²) in [5.41, 5.74) is 0.810. The second-order valence-electron chi connectivity index (χ2n) is 4.18. The highest BCUT2D eigenvalue weighted by Crippen LogP contribution is 2.32. The number of thiophene rings is 1. The normalized spacial score (nSPS) is 10.3. The van der Waals surface area contributed by atoms with Gasteiger partial charge in [-0.25, -0.2) is 9.59 Å². The zero-order chi connectivity index (χ0) is 14.7. The molecule has 2 aromatic heterocycles. The third kappa shape index (κ3) is 3.00. The van der Waals surface area contributed by atoms with Gasteiger partial charge in [-0.2, -0.15) is 0 Å². The Hall–Kier alpha value is -2.28. The highest BCUT2D eigenvalue weighted by atomic mass is 32.1. The van der Waals surface area contributed by atoms with Crippen LogP contribution < -0.4 is 10.6 Å². The molecule has 0 radical (unpaired) electrons. The SMILES string of the molecule is Cc1sc(NC(=O)NCc2ccco2)c(C(=O)O)c1C. The molecule has 0 spiro atoms. The predicted molar refractivity (Wildman–Crippen MR) is 75.3 cm³/mol. The number of aryl methyl sites for hydroxylation is 1. The fraction of sp³-hybridized carbons (Fsp3) is 0.231. The van der Waals surface area contributed by atoms with Crippen LogP contribution in [0.15, 0.2) is 22.8 Å². The van der Waals surface area contributed by atoms with Crippen molar-refractivity contribution in [2.75, 3.05) is 5.32 Å². The average Bonchev–Trinajstić information content (AvgIpc) is 2.96. The number of nitrogens with one attached hydrogen (secondary N) is 2. The number of urea groups is 1. The molecule has 0 saturated carbocycles. The lowest BCUT2D eigenvalue weighted by Gasteiger charge is -2.05. The minimum absolute atomic E-state index is 0.139. The Labute approximate surface area is 119 Å². The number of carboxylic acids is 1. The summed E-state index contributed by atoms with van der Waals surface area (Å²) >= 11 is 1.24. The molecule has 0 aromatic carbocycles. The van der Waals surface area contributed by atoms with Gasteiger partial charge in [-0.15, -0.1) is 11.3 Å². The number of anilines is 1. The van der Waals surface area contributed by atoms with Crippen LogP contribution in [0.25, 0.3) is 0 Å².